The number of hydrogen-bond donors (Lipinski definition) is 0. The Balaban J connectivity index is 2.16. The van der Waals surface area contributed by atoms with Gasteiger partial charge in [0.1, 0.15) is 12.0 Å². The molecule has 1 saturated heterocycles. The van der Waals surface area contributed by atoms with E-state index in [2.05, 4.69) is 21.2 Å². The summed E-state index contributed by atoms with van der Waals surface area (Å²) in [4.78, 5) is 9.97. The normalized spacial score (nSPS) is 22.2. The summed E-state index contributed by atoms with van der Waals surface area (Å²) < 4.78 is 5.33. The van der Waals surface area contributed by atoms with Crippen LogP contribution in [0.5, 0.6) is 0 Å². The number of anilines is 1. The lowest BCUT2D eigenvalue weighted by Crippen LogP contribution is -2.31. The molecule has 4 heteroatoms. The molecule has 1 atom stereocenters. The van der Waals surface area contributed by atoms with Crippen molar-refractivity contribution in [2.45, 2.75) is 19.1 Å². The minimum atomic E-state index is 0.170. The SMILES string of the molecule is COC1CCCN1c1ccn[c]n1. The highest BCUT2D eigenvalue weighted by atomic mass is 16.5. The maximum atomic E-state index is 5.33. The van der Waals surface area contributed by atoms with Crippen molar-refractivity contribution < 1.29 is 4.74 Å². The lowest BCUT2D eigenvalue weighted by Gasteiger charge is -2.23. The molecule has 0 N–H and O–H groups in total. The van der Waals surface area contributed by atoms with Crippen molar-refractivity contribution in [2.75, 3.05) is 18.6 Å². The molecule has 4 nitrogen and oxygen atoms in total. The summed E-state index contributed by atoms with van der Waals surface area (Å²) in [6.07, 6.45) is 6.68. The van der Waals surface area contributed by atoms with Crippen LogP contribution in [-0.2, 0) is 4.74 Å². The maximum Gasteiger partial charge on any atom is 0.199 e. The minimum absolute atomic E-state index is 0.170. The first-order valence-corrected chi connectivity index (χ1v) is 4.40. The number of hydrogen-bond acceptors (Lipinski definition) is 4. The molecular formula is C9H12N3O. The van der Waals surface area contributed by atoms with Crippen LogP contribution in [0.4, 0.5) is 5.82 Å². The molecule has 2 heterocycles. The van der Waals surface area contributed by atoms with Gasteiger partial charge in [-0.1, -0.05) is 0 Å². The fraction of sp³-hybridized carbons (Fsp3) is 0.556. The van der Waals surface area contributed by atoms with E-state index in [0.29, 0.717) is 0 Å². The number of methoxy groups -OCH3 is 1. The third-order valence-corrected chi connectivity index (χ3v) is 2.28. The van der Waals surface area contributed by atoms with Crippen LogP contribution in [0, 0.1) is 6.33 Å². The molecule has 1 radical (unpaired) electrons. The van der Waals surface area contributed by atoms with Gasteiger partial charge in [-0.05, 0) is 18.9 Å². The van der Waals surface area contributed by atoms with Crippen LogP contribution in [0.25, 0.3) is 0 Å². The van der Waals surface area contributed by atoms with Gasteiger partial charge in [0.15, 0.2) is 6.33 Å². The van der Waals surface area contributed by atoms with Gasteiger partial charge in [0.25, 0.3) is 0 Å². The Morgan fingerprint density at radius 2 is 2.62 bits per heavy atom. The lowest BCUT2D eigenvalue weighted by atomic mass is 10.4. The average Bonchev–Trinajstić information content (AvgIpc) is 2.67. The first-order chi connectivity index (χ1) is 6.42. The van der Waals surface area contributed by atoms with Crippen LogP contribution in [-0.4, -0.2) is 29.9 Å². The Bertz CT molecular complexity index is 265. The van der Waals surface area contributed by atoms with Gasteiger partial charge in [-0.3, -0.25) is 0 Å². The Kier molecular flexibility index (Phi) is 2.40. The predicted molar refractivity (Wildman–Crippen MR) is 48.2 cm³/mol. The molecule has 1 aliphatic heterocycles. The molecule has 0 spiro atoms. The van der Waals surface area contributed by atoms with Crippen molar-refractivity contribution in [1.29, 1.82) is 0 Å². The van der Waals surface area contributed by atoms with E-state index >= 15 is 0 Å². The highest BCUT2D eigenvalue weighted by Crippen LogP contribution is 2.22. The molecular weight excluding hydrogens is 166 g/mol. The Labute approximate surface area is 77.6 Å². The van der Waals surface area contributed by atoms with Crippen molar-refractivity contribution in [3.8, 4) is 0 Å². The van der Waals surface area contributed by atoms with Crippen molar-refractivity contribution in [1.82, 2.24) is 9.97 Å². The van der Waals surface area contributed by atoms with E-state index in [0.717, 1.165) is 25.2 Å². The smallest absolute Gasteiger partial charge is 0.199 e. The monoisotopic (exact) mass is 178 g/mol. The van der Waals surface area contributed by atoms with E-state index in [1.807, 2.05) is 6.07 Å². The third kappa shape index (κ3) is 1.62. The van der Waals surface area contributed by atoms with Gasteiger partial charge in [-0.15, -0.1) is 0 Å². The first kappa shape index (κ1) is 8.44. The number of ether oxygens (including phenoxy) is 1. The van der Waals surface area contributed by atoms with Gasteiger partial charge in [0.05, 0.1) is 0 Å². The molecule has 1 aromatic heterocycles. The average molecular weight is 178 g/mol. The van der Waals surface area contributed by atoms with E-state index in [1.165, 1.54) is 0 Å². The molecule has 0 aliphatic carbocycles. The van der Waals surface area contributed by atoms with Crippen LogP contribution in [0.1, 0.15) is 12.8 Å². The molecule has 1 fully saturated rings. The Morgan fingerprint density at radius 3 is 3.31 bits per heavy atom. The van der Waals surface area contributed by atoms with Gasteiger partial charge >= 0.3 is 0 Å². The second-order valence-corrected chi connectivity index (χ2v) is 3.04. The zero-order valence-electron chi connectivity index (χ0n) is 7.60. The maximum absolute atomic E-state index is 5.33. The number of rotatable bonds is 2. The van der Waals surface area contributed by atoms with Crippen molar-refractivity contribution in [3.63, 3.8) is 0 Å². The molecule has 1 unspecified atom stereocenters. The molecule has 0 bridgehead atoms. The number of nitrogens with zero attached hydrogens (tertiary/aromatic N) is 3. The summed E-state index contributed by atoms with van der Waals surface area (Å²) in [7, 11) is 1.73. The molecule has 0 aromatic carbocycles. The predicted octanol–water partition coefficient (Wildman–Crippen LogP) is 0.849. The van der Waals surface area contributed by atoms with Gasteiger partial charge in [0.2, 0.25) is 0 Å². The molecule has 0 amide bonds. The minimum Gasteiger partial charge on any atom is -0.362 e. The number of aromatic nitrogens is 2. The van der Waals surface area contributed by atoms with E-state index in [-0.39, 0.29) is 6.23 Å². The van der Waals surface area contributed by atoms with Crippen LogP contribution < -0.4 is 4.90 Å². The first-order valence-electron chi connectivity index (χ1n) is 4.40. The fourth-order valence-electron chi connectivity index (χ4n) is 1.66. The van der Waals surface area contributed by atoms with Crippen LogP contribution in [0.3, 0.4) is 0 Å². The molecule has 69 valence electrons. The summed E-state index contributed by atoms with van der Waals surface area (Å²) in [5, 5.41) is 0. The second-order valence-electron chi connectivity index (χ2n) is 3.04. The standard InChI is InChI=1S/C9H12N3O/c1-13-9-3-2-6-12(9)8-4-5-10-7-11-8/h4-5,9H,2-3,6H2,1H3. The van der Waals surface area contributed by atoms with E-state index < -0.39 is 0 Å². The van der Waals surface area contributed by atoms with Crippen LogP contribution >= 0.6 is 0 Å². The van der Waals surface area contributed by atoms with Crippen LogP contribution in [0.15, 0.2) is 12.3 Å². The summed E-state index contributed by atoms with van der Waals surface area (Å²) >= 11 is 0. The quantitative estimate of drug-likeness (QED) is 0.673. The second kappa shape index (κ2) is 3.70. The summed E-state index contributed by atoms with van der Waals surface area (Å²) in [5.41, 5.74) is 0. The topological polar surface area (TPSA) is 38.2 Å². The third-order valence-electron chi connectivity index (χ3n) is 2.28. The van der Waals surface area contributed by atoms with Crippen LogP contribution in [0.2, 0.25) is 0 Å². The van der Waals surface area contributed by atoms with Gasteiger partial charge in [-0.25, -0.2) is 9.97 Å². The highest BCUT2D eigenvalue weighted by molar-refractivity contribution is 5.38. The summed E-state index contributed by atoms with van der Waals surface area (Å²) in [6, 6.07) is 1.88. The Hall–Kier alpha value is -1.16. The van der Waals surface area contributed by atoms with Crippen molar-refractivity contribution >= 4 is 5.82 Å². The van der Waals surface area contributed by atoms with E-state index in [1.54, 1.807) is 13.3 Å². The zero-order valence-corrected chi connectivity index (χ0v) is 7.60. The van der Waals surface area contributed by atoms with Gasteiger partial charge in [-0.2, -0.15) is 0 Å². The molecule has 2 rings (SSSR count). The molecule has 13 heavy (non-hydrogen) atoms. The lowest BCUT2D eigenvalue weighted by molar-refractivity contribution is 0.111. The molecule has 0 saturated carbocycles. The summed E-state index contributed by atoms with van der Waals surface area (Å²) in [6.45, 7) is 1.00. The van der Waals surface area contributed by atoms with E-state index in [4.69, 9.17) is 4.74 Å². The zero-order chi connectivity index (χ0) is 9.10. The highest BCUT2D eigenvalue weighted by Gasteiger charge is 2.24. The fourth-order valence-corrected chi connectivity index (χ4v) is 1.66. The molecule has 1 aliphatic rings. The van der Waals surface area contributed by atoms with Crippen molar-refractivity contribution in [2.24, 2.45) is 0 Å². The Morgan fingerprint density at radius 1 is 1.69 bits per heavy atom. The molecule has 1 aromatic rings. The van der Waals surface area contributed by atoms with E-state index in [9.17, 15) is 0 Å². The largest absolute Gasteiger partial charge is 0.362 e. The van der Waals surface area contributed by atoms with Gasteiger partial charge in [0, 0.05) is 19.9 Å². The van der Waals surface area contributed by atoms with Gasteiger partial charge < -0.3 is 9.64 Å². The summed E-state index contributed by atoms with van der Waals surface area (Å²) in [5.74, 6) is 0.902. The van der Waals surface area contributed by atoms with Crippen molar-refractivity contribution in [3.05, 3.63) is 18.6 Å².